The summed E-state index contributed by atoms with van der Waals surface area (Å²) in [5.74, 6) is 0.847. The molecule has 1 aromatic heterocycles. The molecule has 0 aliphatic carbocycles. The molecular formula is C18H18N2O. The Morgan fingerprint density at radius 2 is 1.90 bits per heavy atom. The summed E-state index contributed by atoms with van der Waals surface area (Å²) < 4.78 is 5.87. The van der Waals surface area contributed by atoms with E-state index < -0.39 is 0 Å². The maximum absolute atomic E-state index is 5.87. The quantitative estimate of drug-likeness (QED) is 0.775. The Labute approximate surface area is 124 Å². The number of ether oxygens (including phenoxy) is 1. The summed E-state index contributed by atoms with van der Waals surface area (Å²) in [4.78, 5) is 4.35. The molecule has 1 N–H and O–H groups in total. The average Bonchev–Trinajstić information content (AvgIpc) is 2.53. The summed E-state index contributed by atoms with van der Waals surface area (Å²) in [6, 6.07) is 18.4. The molecule has 0 saturated heterocycles. The Bertz CT molecular complexity index is 740. The lowest BCUT2D eigenvalue weighted by atomic mass is 10.1. The number of aromatic nitrogens is 1. The number of pyridine rings is 1. The Hall–Kier alpha value is -2.39. The molecule has 2 aromatic carbocycles. The third-order valence-corrected chi connectivity index (χ3v) is 3.36. The van der Waals surface area contributed by atoms with Gasteiger partial charge >= 0.3 is 0 Å². The molecule has 0 radical (unpaired) electrons. The number of rotatable bonds is 5. The van der Waals surface area contributed by atoms with E-state index in [0.717, 1.165) is 23.2 Å². The lowest BCUT2D eigenvalue weighted by Crippen LogP contribution is -2.05. The van der Waals surface area contributed by atoms with Crippen LogP contribution in [0.2, 0.25) is 0 Å². The summed E-state index contributed by atoms with van der Waals surface area (Å²) in [5, 5.41) is 4.28. The molecular weight excluding hydrogens is 260 g/mol. The van der Waals surface area contributed by atoms with Gasteiger partial charge in [0, 0.05) is 24.2 Å². The second kappa shape index (κ2) is 6.37. The molecule has 3 heteroatoms. The molecule has 0 atom stereocenters. The minimum absolute atomic E-state index is 0.565. The number of nitrogens with zero attached hydrogens (tertiary/aromatic N) is 1. The lowest BCUT2D eigenvalue weighted by molar-refractivity contribution is 0.306. The summed E-state index contributed by atoms with van der Waals surface area (Å²) in [6.07, 6.45) is 1.80. The Morgan fingerprint density at radius 1 is 1.00 bits per heavy atom. The van der Waals surface area contributed by atoms with Crippen LogP contribution in [0.4, 0.5) is 0 Å². The molecule has 0 bridgehead atoms. The number of benzene rings is 2. The van der Waals surface area contributed by atoms with E-state index in [2.05, 4.69) is 34.6 Å². The van der Waals surface area contributed by atoms with E-state index in [1.54, 1.807) is 6.20 Å². The zero-order valence-electron chi connectivity index (χ0n) is 12.0. The van der Waals surface area contributed by atoms with Crippen LogP contribution in [0.5, 0.6) is 5.75 Å². The molecule has 3 aromatic rings. The highest BCUT2D eigenvalue weighted by Gasteiger charge is 2.00. The fourth-order valence-electron chi connectivity index (χ4n) is 2.34. The van der Waals surface area contributed by atoms with Gasteiger partial charge in [-0.25, -0.2) is 0 Å². The number of nitrogens with one attached hydrogen (secondary N) is 1. The van der Waals surface area contributed by atoms with Crippen LogP contribution < -0.4 is 10.1 Å². The van der Waals surface area contributed by atoms with E-state index in [0.29, 0.717) is 6.61 Å². The molecule has 106 valence electrons. The topological polar surface area (TPSA) is 34.1 Å². The molecule has 0 amide bonds. The van der Waals surface area contributed by atoms with Crippen molar-refractivity contribution in [3.8, 4) is 5.75 Å². The van der Waals surface area contributed by atoms with Crippen molar-refractivity contribution >= 4 is 10.9 Å². The van der Waals surface area contributed by atoms with E-state index >= 15 is 0 Å². The molecule has 0 aliphatic rings. The Balaban J connectivity index is 1.72. The second-order valence-corrected chi connectivity index (χ2v) is 5.00. The minimum atomic E-state index is 0.565. The van der Waals surface area contributed by atoms with Crippen molar-refractivity contribution < 1.29 is 4.74 Å². The van der Waals surface area contributed by atoms with Gasteiger partial charge in [-0.3, -0.25) is 4.98 Å². The van der Waals surface area contributed by atoms with Crippen molar-refractivity contribution in [3.05, 3.63) is 71.9 Å². The molecule has 3 rings (SSSR count). The first kappa shape index (κ1) is 13.6. The highest BCUT2D eigenvalue weighted by atomic mass is 16.5. The molecule has 1 heterocycles. The predicted octanol–water partition coefficient (Wildman–Crippen LogP) is 3.53. The highest BCUT2D eigenvalue weighted by molar-refractivity contribution is 5.79. The number of hydrogen-bond acceptors (Lipinski definition) is 3. The molecule has 0 saturated carbocycles. The first-order valence-corrected chi connectivity index (χ1v) is 7.05. The molecule has 21 heavy (non-hydrogen) atoms. The van der Waals surface area contributed by atoms with Crippen LogP contribution in [0.15, 0.2) is 60.8 Å². The van der Waals surface area contributed by atoms with Gasteiger partial charge in [0.2, 0.25) is 0 Å². The zero-order chi connectivity index (χ0) is 14.5. The van der Waals surface area contributed by atoms with Crippen molar-refractivity contribution in [3.63, 3.8) is 0 Å². The summed E-state index contributed by atoms with van der Waals surface area (Å²) in [7, 11) is 1.95. The van der Waals surface area contributed by atoms with Crippen LogP contribution in [0.1, 0.15) is 11.1 Å². The Kier molecular flexibility index (Phi) is 4.12. The lowest BCUT2D eigenvalue weighted by Gasteiger charge is -2.08. The van der Waals surface area contributed by atoms with E-state index in [1.807, 2.05) is 37.4 Å². The van der Waals surface area contributed by atoms with Crippen molar-refractivity contribution in [2.24, 2.45) is 0 Å². The molecule has 0 unspecified atom stereocenters. The van der Waals surface area contributed by atoms with Gasteiger partial charge in [-0.05, 0) is 36.4 Å². The fourth-order valence-corrected chi connectivity index (χ4v) is 2.34. The van der Waals surface area contributed by atoms with Crippen LogP contribution in [-0.4, -0.2) is 12.0 Å². The summed E-state index contributed by atoms with van der Waals surface area (Å²) >= 11 is 0. The van der Waals surface area contributed by atoms with E-state index in [4.69, 9.17) is 4.74 Å². The van der Waals surface area contributed by atoms with Gasteiger partial charge in [0.15, 0.2) is 0 Å². The van der Waals surface area contributed by atoms with Gasteiger partial charge in [0.25, 0.3) is 0 Å². The second-order valence-electron chi connectivity index (χ2n) is 5.00. The molecule has 0 aliphatic heterocycles. The van der Waals surface area contributed by atoms with Crippen LogP contribution in [0, 0.1) is 0 Å². The predicted molar refractivity (Wildman–Crippen MR) is 85.3 cm³/mol. The molecule has 0 fully saturated rings. The summed E-state index contributed by atoms with van der Waals surface area (Å²) in [6.45, 7) is 1.43. The fraction of sp³-hybridized carbons (Fsp3) is 0.167. The minimum Gasteiger partial charge on any atom is -0.489 e. The van der Waals surface area contributed by atoms with Gasteiger partial charge < -0.3 is 10.1 Å². The van der Waals surface area contributed by atoms with Crippen molar-refractivity contribution in [2.75, 3.05) is 7.05 Å². The van der Waals surface area contributed by atoms with Gasteiger partial charge in [-0.1, -0.05) is 30.3 Å². The smallest absolute Gasteiger partial charge is 0.122 e. The first-order valence-electron chi connectivity index (χ1n) is 7.05. The van der Waals surface area contributed by atoms with Crippen LogP contribution in [0.25, 0.3) is 10.9 Å². The first-order chi connectivity index (χ1) is 10.3. The maximum atomic E-state index is 5.87. The Morgan fingerprint density at radius 3 is 2.81 bits per heavy atom. The zero-order valence-corrected chi connectivity index (χ0v) is 12.0. The van der Waals surface area contributed by atoms with Crippen LogP contribution in [0.3, 0.4) is 0 Å². The van der Waals surface area contributed by atoms with Gasteiger partial charge in [-0.15, -0.1) is 0 Å². The van der Waals surface area contributed by atoms with Gasteiger partial charge in [0.1, 0.15) is 12.4 Å². The maximum Gasteiger partial charge on any atom is 0.122 e. The van der Waals surface area contributed by atoms with Crippen molar-refractivity contribution in [1.82, 2.24) is 10.3 Å². The van der Waals surface area contributed by atoms with Gasteiger partial charge in [-0.2, -0.15) is 0 Å². The van der Waals surface area contributed by atoms with E-state index in [9.17, 15) is 0 Å². The molecule has 3 nitrogen and oxygen atoms in total. The summed E-state index contributed by atoms with van der Waals surface area (Å²) in [5.41, 5.74) is 3.39. The van der Waals surface area contributed by atoms with Crippen LogP contribution in [-0.2, 0) is 13.2 Å². The third-order valence-electron chi connectivity index (χ3n) is 3.36. The van der Waals surface area contributed by atoms with E-state index in [-0.39, 0.29) is 0 Å². The monoisotopic (exact) mass is 278 g/mol. The number of fused-ring (bicyclic) bond motifs is 1. The normalized spacial score (nSPS) is 10.7. The average molecular weight is 278 g/mol. The SMILES string of the molecule is CNCc1cccc(COc2ccc3cccnc3c2)c1. The van der Waals surface area contributed by atoms with Crippen molar-refractivity contribution in [1.29, 1.82) is 0 Å². The van der Waals surface area contributed by atoms with E-state index in [1.165, 1.54) is 11.1 Å². The highest BCUT2D eigenvalue weighted by Crippen LogP contribution is 2.20. The van der Waals surface area contributed by atoms with Crippen LogP contribution >= 0.6 is 0 Å². The van der Waals surface area contributed by atoms with Crippen molar-refractivity contribution in [2.45, 2.75) is 13.2 Å². The molecule has 0 spiro atoms. The van der Waals surface area contributed by atoms with Gasteiger partial charge in [0.05, 0.1) is 5.52 Å². The third kappa shape index (κ3) is 3.38. The standard InChI is InChI=1S/C18H18N2O/c1-19-12-14-4-2-5-15(10-14)13-21-17-8-7-16-6-3-9-20-18(16)11-17/h2-11,19H,12-13H2,1H3. The number of hydrogen-bond donors (Lipinski definition) is 1. The largest absolute Gasteiger partial charge is 0.489 e.